The first-order valence-corrected chi connectivity index (χ1v) is 11.8. The van der Waals surface area contributed by atoms with Gasteiger partial charge in [0.15, 0.2) is 6.61 Å². The van der Waals surface area contributed by atoms with E-state index < -0.39 is 0 Å². The lowest BCUT2D eigenvalue weighted by atomic mass is 10.2. The fourth-order valence-electron chi connectivity index (χ4n) is 3.24. The van der Waals surface area contributed by atoms with E-state index in [9.17, 15) is 9.59 Å². The summed E-state index contributed by atoms with van der Waals surface area (Å²) in [5.74, 6) is 0.118. The van der Waals surface area contributed by atoms with Gasteiger partial charge in [0.2, 0.25) is 5.91 Å². The SMILES string of the molecule is C=CCN(CC(=O)N(Cc1ccccc1)Cc1ccc(C)s1)C(=O)COc1ccc(Cl)cc1. The summed E-state index contributed by atoms with van der Waals surface area (Å²) in [5, 5.41) is 0.590. The van der Waals surface area contributed by atoms with Crippen molar-refractivity contribution in [1.82, 2.24) is 9.80 Å². The Morgan fingerprint density at radius 1 is 0.970 bits per heavy atom. The lowest BCUT2D eigenvalue weighted by Crippen LogP contribution is -2.44. The van der Waals surface area contributed by atoms with Crippen LogP contribution in [0.1, 0.15) is 15.3 Å². The van der Waals surface area contributed by atoms with Crippen LogP contribution in [-0.2, 0) is 22.7 Å². The molecule has 0 unspecified atom stereocenters. The number of nitrogens with zero attached hydrogens (tertiary/aromatic N) is 2. The fraction of sp³-hybridized carbons (Fsp3) is 0.231. The molecule has 1 heterocycles. The van der Waals surface area contributed by atoms with Crippen LogP contribution < -0.4 is 4.74 Å². The number of hydrogen-bond acceptors (Lipinski definition) is 4. The Morgan fingerprint density at radius 3 is 2.33 bits per heavy atom. The van der Waals surface area contributed by atoms with Crippen molar-refractivity contribution < 1.29 is 14.3 Å². The monoisotopic (exact) mass is 482 g/mol. The highest BCUT2D eigenvalue weighted by atomic mass is 35.5. The third-order valence-corrected chi connectivity index (χ3v) is 6.15. The van der Waals surface area contributed by atoms with Gasteiger partial charge in [-0.2, -0.15) is 0 Å². The number of amides is 2. The molecule has 5 nitrogen and oxygen atoms in total. The van der Waals surface area contributed by atoms with Crippen molar-refractivity contribution in [3.63, 3.8) is 0 Å². The van der Waals surface area contributed by atoms with E-state index in [2.05, 4.69) is 6.58 Å². The molecule has 0 aliphatic carbocycles. The molecule has 0 aliphatic heterocycles. The largest absolute Gasteiger partial charge is 0.484 e. The fourth-order valence-corrected chi connectivity index (χ4v) is 4.27. The highest BCUT2D eigenvalue weighted by molar-refractivity contribution is 7.11. The van der Waals surface area contributed by atoms with Crippen molar-refractivity contribution in [1.29, 1.82) is 0 Å². The number of halogens is 1. The van der Waals surface area contributed by atoms with Crippen molar-refractivity contribution in [2.45, 2.75) is 20.0 Å². The summed E-state index contributed by atoms with van der Waals surface area (Å²) in [6.07, 6.45) is 1.61. The second-order valence-electron chi connectivity index (χ2n) is 7.55. The summed E-state index contributed by atoms with van der Waals surface area (Å²) in [4.78, 5) is 31.7. The van der Waals surface area contributed by atoms with Crippen molar-refractivity contribution in [3.8, 4) is 5.75 Å². The van der Waals surface area contributed by atoms with Gasteiger partial charge in [0, 0.05) is 27.9 Å². The van der Waals surface area contributed by atoms with E-state index in [0.717, 1.165) is 10.4 Å². The molecule has 1 aromatic heterocycles. The minimum absolute atomic E-state index is 0.0496. The van der Waals surface area contributed by atoms with Gasteiger partial charge in [-0.3, -0.25) is 9.59 Å². The Hall–Kier alpha value is -3.09. The van der Waals surface area contributed by atoms with Crippen LogP contribution in [-0.4, -0.2) is 41.3 Å². The summed E-state index contributed by atoms with van der Waals surface area (Å²) in [6, 6.07) is 20.7. The zero-order valence-corrected chi connectivity index (χ0v) is 20.1. The highest BCUT2D eigenvalue weighted by Crippen LogP contribution is 2.19. The van der Waals surface area contributed by atoms with Gasteiger partial charge < -0.3 is 14.5 Å². The van der Waals surface area contributed by atoms with E-state index in [1.54, 1.807) is 46.6 Å². The Labute approximate surface area is 203 Å². The molecule has 3 rings (SSSR count). The number of hydrogen-bond donors (Lipinski definition) is 0. The van der Waals surface area contributed by atoms with E-state index in [4.69, 9.17) is 16.3 Å². The van der Waals surface area contributed by atoms with Crippen molar-refractivity contribution >= 4 is 34.8 Å². The number of thiophene rings is 1. The molecule has 172 valence electrons. The molecule has 0 saturated carbocycles. The van der Waals surface area contributed by atoms with E-state index in [-0.39, 0.29) is 31.5 Å². The predicted molar refractivity (Wildman–Crippen MR) is 133 cm³/mol. The minimum atomic E-state index is -0.287. The molecule has 7 heteroatoms. The van der Waals surface area contributed by atoms with Gasteiger partial charge in [0.1, 0.15) is 12.3 Å². The molecule has 0 N–H and O–H groups in total. The van der Waals surface area contributed by atoms with Crippen molar-refractivity contribution in [3.05, 3.63) is 99.7 Å². The molecular weight excluding hydrogens is 456 g/mol. The molecule has 0 atom stereocenters. The summed E-state index contributed by atoms with van der Waals surface area (Å²) < 4.78 is 5.58. The van der Waals surface area contributed by atoms with Gasteiger partial charge >= 0.3 is 0 Å². The zero-order valence-electron chi connectivity index (χ0n) is 18.6. The van der Waals surface area contributed by atoms with Crippen LogP contribution in [0.5, 0.6) is 5.75 Å². The Balaban J connectivity index is 1.68. The first-order valence-electron chi connectivity index (χ1n) is 10.6. The normalized spacial score (nSPS) is 10.5. The first-order chi connectivity index (χ1) is 15.9. The van der Waals surface area contributed by atoms with Crippen LogP contribution in [0.15, 0.2) is 79.4 Å². The van der Waals surface area contributed by atoms with Crippen LogP contribution in [0.4, 0.5) is 0 Å². The third-order valence-electron chi connectivity index (χ3n) is 4.92. The van der Waals surface area contributed by atoms with E-state index >= 15 is 0 Å². The molecule has 0 fully saturated rings. The molecule has 2 aromatic carbocycles. The summed E-state index contributed by atoms with van der Waals surface area (Å²) in [5.41, 5.74) is 1.03. The Morgan fingerprint density at radius 2 is 1.70 bits per heavy atom. The predicted octanol–water partition coefficient (Wildman–Crippen LogP) is 5.33. The standard InChI is InChI=1S/C26H27ClN2O3S/c1-3-15-28(26(31)19-32-23-12-10-22(27)11-13-23)18-25(30)29(16-21-7-5-4-6-8-21)17-24-14-9-20(2)33-24/h3-14H,1,15-19H2,2H3. The maximum absolute atomic E-state index is 13.3. The van der Waals surface area contributed by atoms with Crippen LogP contribution in [0, 0.1) is 6.92 Å². The van der Waals surface area contributed by atoms with Crippen molar-refractivity contribution in [2.75, 3.05) is 19.7 Å². The van der Waals surface area contributed by atoms with E-state index in [0.29, 0.717) is 23.9 Å². The van der Waals surface area contributed by atoms with Gasteiger partial charge in [0.25, 0.3) is 5.91 Å². The van der Waals surface area contributed by atoms with Crippen molar-refractivity contribution in [2.24, 2.45) is 0 Å². The smallest absolute Gasteiger partial charge is 0.261 e. The second-order valence-corrected chi connectivity index (χ2v) is 9.36. The van der Waals surface area contributed by atoms with Gasteiger partial charge in [0.05, 0.1) is 6.54 Å². The third kappa shape index (κ3) is 7.77. The zero-order chi connectivity index (χ0) is 23.6. The molecule has 0 spiro atoms. The van der Waals surface area contributed by atoms with Gasteiger partial charge in [-0.05, 0) is 48.9 Å². The molecule has 33 heavy (non-hydrogen) atoms. The first kappa shape index (κ1) is 24.6. The molecular formula is C26H27ClN2O3S. The number of aryl methyl sites for hydroxylation is 1. The Kier molecular flexibility index (Phi) is 9.10. The quantitative estimate of drug-likeness (QED) is 0.347. The molecule has 0 aliphatic rings. The average Bonchev–Trinajstić information content (AvgIpc) is 3.23. The van der Waals surface area contributed by atoms with Crippen LogP contribution in [0.25, 0.3) is 0 Å². The maximum atomic E-state index is 13.3. The number of carbonyl (C=O) groups excluding carboxylic acids is 2. The van der Waals surface area contributed by atoms with Crippen LogP contribution in [0.2, 0.25) is 5.02 Å². The van der Waals surface area contributed by atoms with Crippen LogP contribution >= 0.6 is 22.9 Å². The van der Waals surface area contributed by atoms with E-state index in [1.807, 2.05) is 49.4 Å². The van der Waals surface area contributed by atoms with E-state index in [1.165, 1.54) is 9.78 Å². The number of rotatable bonds is 11. The molecule has 3 aromatic rings. The highest BCUT2D eigenvalue weighted by Gasteiger charge is 2.22. The molecule has 0 bridgehead atoms. The average molecular weight is 483 g/mol. The van der Waals surface area contributed by atoms with Gasteiger partial charge in [-0.15, -0.1) is 17.9 Å². The lowest BCUT2D eigenvalue weighted by Gasteiger charge is -2.27. The van der Waals surface area contributed by atoms with Gasteiger partial charge in [-0.1, -0.05) is 48.0 Å². The summed E-state index contributed by atoms with van der Waals surface area (Å²) in [7, 11) is 0. The van der Waals surface area contributed by atoms with Crippen LogP contribution in [0.3, 0.4) is 0 Å². The summed E-state index contributed by atoms with van der Waals surface area (Å²) in [6.45, 7) is 6.76. The second kappa shape index (κ2) is 12.2. The molecule has 0 saturated heterocycles. The molecule has 0 radical (unpaired) electrons. The number of ether oxygens (including phenoxy) is 1. The topological polar surface area (TPSA) is 49.9 Å². The lowest BCUT2D eigenvalue weighted by molar-refractivity contribution is -0.141. The molecule has 2 amide bonds. The maximum Gasteiger partial charge on any atom is 0.261 e. The number of carbonyl (C=O) groups is 2. The number of benzene rings is 2. The van der Waals surface area contributed by atoms with Gasteiger partial charge in [-0.25, -0.2) is 0 Å². The minimum Gasteiger partial charge on any atom is -0.484 e. The summed E-state index contributed by atoms with van der Waals surface area (Å²) >= 11 is 7.55. The Bertz CT molecular complexity index is 1070.